The molecule has 0 spiro atoms. The van der Waals surface area contributed by atoms with Crippen molar-refractivity contribution < 1.29 is 4.42 Å². The Morgan fingerprint density at radius 2 is 1.23 bits per heavy atom. The topological polar surface area (TPSA) is 49.9 Å². The van der Waals surface area contributed by atoms with Crippen LogP contribution < -0.4 is 5.32 Å². The second kappa shape index (κ2) is 14.3. The van der Waals surface area contributed by atoms with E-state index >= 15 is 0 Å². The maximum atomic E-state index is 7.14. The third-order valence-corrected chi connectivity index (χ3v) is 15.1. The maximum Gasteiger partial charge on any atom is 0.159 e. The largest absolute Gasteiger partial charge is 0.455 e. The van der Waals surface area contributed by atoms with E-state index in [-0.39, 0.29) is 12.1 Å². The van der Waals surface area contributed by atoms with Crippen molar-refractivity contribution in [3.63, 3.8) is 0 Å². The maximum absolute atomic E-state index is 7.14. The molecule has 2 unspecified atom stereocenters. The van der Waals surface area contributed by atoms with Crippen molar-refractivity contribution in [3.05, 3.63) is 228 Å². The molecule has 5 heteroatoms. The molecule has 2 aromatic heterocycles. The number of hydrogen-bond donors (Lipinski definition) is 1. The van der Waals surface area contributed by atoms with Gasteiger partial charge in [-0.05, 0) is 122 Å². The number of amidine groups is 2. The van der Waals surface area contributed by atoms with Crippen LogP contribution in [0.25, 0.3) is 85.6 Å². The van der Waals surface area contributed by atoms with Crippen LogP contribution in [0.1, 0.15) is 51.9 Å². The first kappa shape index (κ1) is 36.6. The number of rotatable bonds is 4. The van der Waals surface area contributed by atoms with Crippen LogP contribution in [0.2, 0.25) is 0 Å². The molecule has 14 rings (SSSR count). The zero-order chi connectivity index (χ0) is 42.6. The summed E-state index contributed by atoms with van der Waals surface area (Å²) in [5.41, 5.74) is 11.4. The first-order valence-electron chi connectivity index (χ1n) is 22.5. The van der Waals surface area contributed by atoms with Crippen molar-refractivity contribution in [1.82, 2.24) is 5.32 Å². The van der Waals surface area contributed by atoms with Gasteiger partial charge in [-0.1, -0.05) is 146 Å². The lowest BCUT2D eigenvalue weighted by molar-refractivity contribution is 0.667. The third-order valence-electron chi connectivity index (χ3n) is 13.9. The van der Waals surface area contributed by atoms with Gasteiger partial charge in [0.2, 0.25) is 0 Å². The SMILES string of the molecule is c1ccc(C2N=C(c3ccc4sc5ccccc5c4c3)N=C(c3cc(C4CCc5cc6ccccc6cc5-c5ccc6ccccc6c54)c4c(c3)oc3c5ccccc5ccc34)N2)cc1. The van der Waals surface area contributed by atoms with Gasteiger partial charge in [0.15, 0.2) is 5.84 Å². The minimum Gasteiger partial charge on any atom is -0.455 e. The summed E-state index contributed by atoms with van der Waals surface area (Å²) in [7, 11) is 0. The second-order valence-corrected chi connectivity index (χ2v) is 18.7. The van der Waals surface area contributed by atoms with E-state index in [1.807, 2.05) is 11.3 Å². The van der Waals surface area contributed by atoms with Gasteiger partial charge < -0.3 is 9.73 Å². The van der Waals surface area contributed by atoms with E-state index in [4.69, 9.17) is 14.4 Å². The van der Waals surface area contributed by atoms with Crippen molar-refractivity contribution in [2.75, 3.05) is 0 Å². The van der Waals surface area contributed by atoms with Crippen LogP contribution in [0.4, 0.5) is 0 Å². The van der Waals surface area contributed by atoms with E-state index < -0.39 is 0 Å². The Kier molecular flexibility index (Phi) is 8.07. The van der Waals surface area contributed by atoms with Crippen molar-refractivity contribution in [2.24, 2.45) is 9.98 Å². The fourth-order valence-electron chi connectivity index (χ4n) is 10.9. The van der Waals surface area contributed by atoms with Crippen molar-refractivity contribution in [1.29, 1.82) is 0 Å². The van der Waals surface area contributed by atoms with Crippen LogP contribution in [-0.4, -0.2) is 11.7 Å². The Hall–Kier alpha value is -7.86. The van der Waals surface area contributed by atoms with Crippen LogP contribution in [-0.2, 0) is 6.42 Å². The molecule has 306 valence electrons. The summed E-state index contributed by atoms with van der Waals surface area (Å²) in [4.78, 5) is 10.8. The minimum absolute atomic E-state index is 0.0397. The van der Waals surface area contributed by atoms with Crippen LogP contribution >= 0.6 is 11.3 Å². The van der Waals surface area contributed by atoms with Gasteiger partial charge in [-0.3, -0.25) is 0 Å². The van der Waals surface area contributed by atoms with Gasteiger partial charge >= 0.3 is 0 Å². The highest BCUT2D eigenvalue weighted by atomic mass is 32.1. The summed E-state index contributed by atoms with van der Waals surface area (Å²) in [5, 5.41) is 16.0. The Balaban J connectivity index is 1.03. The highest BCUT2D eigenvalue weighted by Crippen LogP contribution is 2.49. The second-order valence-electron chi connectivity index (χ2n) is 17.6. The van der Waals surface area contributed by atoms with Crippen molar-refractivity contribution in [2.45, 2.75) is 24.9 Å². The van der Waals surface area contributed by atoms with Gasteiger partial charge in [0.1, 0.15) is 23.2 Å². The molecule has 1 N–H and O–H groups in total. The molecule has 2 aliphatic rings. The lowest BCUT2D eigenvalue weighted by Crippen LogP contribution is -2.33. The van der Waals surface area contributed by atoms with Gasteiger partial charge in [0.05, 0.1) is 0 Å². The molecule has 10 aromatic carbocycles. The number of furan rings is 1. The zero-order valence-corrected chi connectivity index (χ0v) is 36.1. The molecule has 4 nitrogen and oxygen atoms in total. The average molecular weight is 850 g/mol. The number of aryl methyl sites for hydroxylation is 1. The molecule has 0 bridgehead atoms. The number of fused-ring (bicyclic) bond motifs is 14. The van der Waals surface area contributed by atoms with E-state index in [1.54, 1.807) is 0 Å². The number of hydrogen-bond acceptors (Lipinski definition) is 5. The number of nitrogens with one attached hydrogen (secondary N) is 1. The smallest absolute Gasteiger partial charge is 0.159 e. The molecule has 1 aliphatic heterocycles. The Morgan fingerprint density at radius 1 is 0.523 bits per heavy atom. The number of nitrogens with zero attached hydrogens (tertiary/aromatic N) is 2. The molecule has 0 saturated carbocycles. The van der Waals surface area contributed by atoms with E-state index in [0.717, 1.165) is 68.1 Å². The molecule has 3 heterocycles. The first-order chi connectivity index (χ1) is 32.2. The lowest BCUT2D eigenvalue weighted by Gasteiger charge is -2.25. The van der Waals surface area contributed by atoms with Gasteiger partial charge in [-0.25, -0.2) is 9.98 Å². The van der Waals surface area contributed by atoms with Crippen LogP contribution in [0, 0.1) is 0 Å². The van der Waals surface area contributed by atoms with Crippen LogP contribution in [0.3, 0.4) is 0 Å². The van der Waals surface area contributed by atoms with E-state index in [0.29, 0.717) is 5.84 Å². The fraction of sp³-hybridized carbons (Fsp3) is 0.0667. The predicted molar refractivity (Wildman–Crippen MR) is 273 cm³/mol. The summed E-state index contributed by atoms with van der Waals surface area (Å²) in [6.07, 6.45) is 1.52. The molecule has 0 radical (unpaired) electrons. The Morgan fingerprint density at radius 3 is 2.09 bits per heavy atom. The monoisotopic (exact) mass is 849 g/mol. The molecule has 65 heavy (non-hydrogen) atoms. The summed E-state index contributed by atoms with van der Waals surface area (Å²) >= 11 is 1.83. The molecule has 0 fully saturated rings. The lowest BCUT2D eigenvalue weighted by atomic mass is 9.80. The number of thiophene rings is 1. The summed E-state index contributed by atoms with van der Waals surface area (Å²) < 4.78 is 9.68. The normalized spacial score (nSPS) is 16.2. The molecule has 2 atom stereocenters. The molecule has 1 aliphatic carbocycles. The van der Waals surface area contributed by atoms with Crippen molar-refractivity contribution >= 4 is 97.4 Å². The van der Waals surface area contributed by atoms with Gasteiger partial charge in [-0.15, -0.1) is 11.3 Å². The molecular formula is C60H39N3OS. The molecule has 0 saturated heterocycles. The predicted octanol–water partition coefficient (Wildman–Crippen LogP) is 15.7. The standard InChI is InChI=1S/C60H39N3OS/c1-2-14-37(15-3-1)58-61-59(41-25-29-54-50(32-41)45-20-10-11-21-53(45)65-54)63-60(62-58)42-33-51(56-48-28-23-36-13-7-9-19-44(36)57(48)64-52(56)34-42)47-27-24-40-30-38-16-4-5-17-39(38)31-49(40)46-26-22-35-12-6-8-18-43(35)55(46)47/h1-23,25-26,28-34,47,58H,24,27H2,(H,61,62,63). The highest BCUT2D eigenvalue weighted by Gasteiger charge is 2.31. The number of benzene rings is 10. The average Bonchev–Trinajstić information content (AvgIpc) is 3.90. The van der Waals surface area contributed by atoms with Crippen molar-refractivity contribution in [3.8, 4) is 11.1 Å². The third kappa shape index (κ3) is 5.82. The van der Waals surface area contributed by atoms with Gasteiger partial charge in [0, 0.05) is 53.4 Å². The first-order valence-corrected chi connectivity index (χ1v) is 23.3. The van der Waals surface area contributed by atoms with E-state index in [2.05, 4.69) is 199 Å². The van der Waals surface area contributed by atoms with E-state index in [9.17, 15) is 0 Å². The Labute approximate surface area is 378 Å². The van der Waals surface area contributed by atoms with Crippen LogP contribution in [0.5, 0.6) is 0 Å². The molecule has 0 amide bonds. The summed E-state index contributed by atoms with van der Waals surface area (Å²) in [6, 6.07) is 70.8. The van der Waals surface area contributed by atoms with Gasteiger partial charge in [0.25, 0.3) is 0 Å². The summed E-state index contributed by atoms with van der Waals surface area (Å²) in [6.45, 7) is 0. The quantitative estimate of drug-likeness (QED) is 0.192. The van der Waals surface area contributed by atoms with Crippen LogP contribution in [0.15, 0.2) is 209 Å². The number of aliphatic imine (C=N–C) groups is 2. The van der Waals surface area contributed by atoms with E-state index in [1.165, 1.54) is 69.5 Å². The molecular weight excluding hydrogens is 811 g/mol. The zero-order valence-electron chi connectivity index (χ0n) is 35.3. The molecule has 12 aromatic rings. The minimum atomic E-state index is -0.349. The summed E-state index contributed by atoms with van der Waals surface area (Å²) in [5.74, 6) is 1.52. The highest BCUT2D eigenvalue weighted by molar-refractivity contribution is 7.25. The fourth-order valence-corrected chi connectivity index (χ4v) is 12.0. The van der Waals surface area contributed by atoms with Gasteiger partial charge in [-0.2, -0.15) is 0 Å². The Bertz CT molecular complexity index is 4010.